The number of rotatable bonds is 4. The molecule has 0 aliphatic heterocycles. The number of aromatic nitrogens is 3. The molecule has 5 heteroatoms. The predicted octanol–water partition coefficient (Wildman–Crippen LogP) is 3.70. The molecule has 2 aromatic carbocycles. The van der Waals surface area contributed by atoms with Gasteiger partial charge < -0.3 is 0 Å². The van der Waals surface area contributed by atoms with E-state index in [1.54, 1.807) is 18.2 Å². The molecule has 0 bridgehead atoms. The van der Waals surface area contributed by atoms with Crippen LogP contribution in [0.2, 0.25) is 5.02 Å². The van der Waals surface area contributed by atoms with Crippen molar-refractivity contribution in [3.05, 3.63) is 89.5 Å². The van der Waals surface area contributed by atoms with Crippen LogP contribution in [0.1, 0.15) is 15.9 Å². The first-order valence-electron chi connectivity index (χ1n) is 6.66. The summed E-state index contributed by atoms with van der Waals surface area (Å²) in [7, 11) is 0. The molecule has 0 amide bonds. The topological polar surface area (TPSA) is 47.8 Å². The summed E-state index contributed by atoms with van der Waals surface area (Å²) in [6.07, 6.45) is 4.47. The number of halogens is 1. The highest BCUT2D eigenvalue weighted by molar-refractivity contribution is 6.32. The van der Waals surface area contributed by atoms with Gasteiger partial charge >= 0.3 is 0 Å². The largest absolute Gasteiger partial charge is 0.289 e. The van der Waals surface area contributed by atoms with E-state index in [-0.39, 0.29) is 5.78 Å². The van der Waals surface area contributed by atoms with Crippen LogP contribution < -0.4 is 0 Å². The molecular formula is C17H12ClN3O. The van der Waals surface area contributed by atoms with Gasteiger partial charge in [-0.2, -0.15) is 5.10 Å². The Morgan fingerprint density at radius 2 is 1.77 bits per heavy atom. The lowest BCUT2D eigenvalue weighted by molar-refractivity contribution is 0.104. The Bertz CT molecular complexity index is 811. The lowest BCUT2D eigenvalue weighted by atomic mass is 10.1. The van der Waals surface area contributed by atoms with Gasteiger partial charge in [0, 0.05) is 22.2 Å². The molecule has 0 unspecified atom stereocenters. The first-order valence-corrected chi connectivity index (χ1v) is 7.04. The van der Waals surface area contributed by atoms with Gasteiger partial charge in [0.25, 0.3) is 0 Å². The van der Waals surface area contributed by atoms with Crippen molar-refractivity contribution < 1.29 is 4.79 Å². The molecular weight excluding hydrogens is 298 g/mol. The van der Waals surface area contributed by atoms with Gasteiger partial charge in [-0.05, 0) is 6.07 Å². The highest BCUT2D eigenvalue weighted by Gasteiger charge is 2.12. The lowest BCUT2D eigenvalue weighted by Gasteiger charge is -2.09. The zero-order valence-electron chi connectivity index (χ0n) is 11.6. The molecule has 0 spiro atoms. The number of ketones is 1. The maximum absolute atomic E-state index is 12.5. The van der Waals surface area contributed by atoms with E-state index < -0.39 is 0 Å². The van der Waals surface area contributed by atoms with Crippen LogP contribution >= 0.6 is 11.6 Å². The van der Waals surface area contributed by atoms with Gasteiger partial charge in [-0.1, -0.05) is 60.1 Å². The second kappa shape index (κ2) is 6.37. The van der Waals surface area contributed by atoms with E-state index >= 15 is 0 Å². The second-order valence-corrected chi connectivity index (χ2v) is 4.99. The fourth-order valence-electron chi connectivity index (χ4n) is 2.08. The van der Waals surface area contributed by atoms with Gasteiger partial charge in [-0.15, -0.1) is 0 Å². The molecule has 0 aliphatic carbocycles. The molecule has 108 valence electrons. The molecule has 0 aliphatic rings. The first-order chi connectivity index (χ1) is 10.8. The summed E-state index contributed by atoms with van der Waals surface area (Å²) in [5.74, 6) is -0.119. The van der Waals surface area contributed by atoms with E-state index in [1.165, 1.54) is 23.4 Å². The van der Waals surface area contributed by atoms with Crippen molar-refractivity contribution >= 4 is 23.1 Å². The van der Waals surface area contributed by atoms with Crippen molar-refractivity contribution in [3.8, 4) is 0 Å². The molecule has 3 aromatic rings. The highest BCUT2D eigenvalue weighted by Crippen LogP contribution is 2.24. The van der Waals surface area contributed by atoms with Crippen LogP contribution in [0.25, 0.3) is 5.70 Å². The Morgan fingerprint density at radius 1 is 1.05 bits per heavy atom. The van der Waals surface area contributed by atoms with Gasteiger partial charge in [0.05, 0.1) is 5.70 Å². The van der Waals surface area contributed by atoms with E-state index in [0.29, 0.717) is 16.3 Å². The van der Waals surface area contributed by atoms with Crippen LogP contribution in [0, 0.1) is 0 Å². The maximum Gasteiger partial charge on any atom is 0.188 e. The van der Waals surface area contributed by atoms with Crippen LogP contribution in [0.4, 0.5) is 0 Å². The molecule has 0 radical (unpaired) electrons. The Kier molecular flexibility index (Phi) is 4.12. The molecule has 4 nitrogen and oxygen atoms in total. The smallest absolute Gasteiger partial charge is 0.188 e. The fourth-order valence-corrected chi connectivity index (χ4v) is 2.31. The van der Waals surface area contributed by atoms with Crippen LogP contribution in [0.3, 0.4) is 0 Å². The Balaban J connectivity index is 2.09. The summed E-state index contributed by atoms with van der Waals surface area (Å²) in [4.78, 5) is 16.4. The zero-order chi connectivity index (χ0) is 15.4. The van der Waals surface area contributed by atoms with Crippen LogP contribution in [0.5, 0.6) is 0 Å². The molecule has 0 saturated carbocycles. The molecule has 22 heavy (non-hydrogen) atoms. The lowest BCUT2D eigenvalue weighted by Crippen LogP contribution is -2.04. The van der Waals surface area contributed by atoms with Gasteiger partial charge in [0.2, 0.25) is 0 Å². The van der Waals surface area contributed by atoms with Gasteiger partial charge in [0.1, 0.15) is 12.7 Å². The molecule has 0 fully saturated rings. The predicted molar refractivity (Wildman–Crippen MR) is 85.6 cm³/mol. The number of carbonyl (C=O) groups is 1. The van der Waals surface area contributed by atoms with Crippen LogP contribution in [0.15, 0.2) is 73.3 Å². The standard InChI is InChI=1S/C17H12ClN3O/c18-15-9-5-4-8-14(15)16(21-12-19-11-20-21)10-17(22)13-6-2-1-3-7-13/h1-12H/b16-10-. The minimum absolute atomic E-state index is 0.119. The number of carbonyl (C=O) groups excluding carboxylic acids is 1. The Labute approximate surface area is 132 Å². The van der Waals surface area contributed by atoms with Gasteiger partial charge in [-0.25, -0.2) is 9.67 Å². The van der Waals surface area contributed by atoms with Gasteiger partial charge in [-0.3, -0.25) is 4.79 Å². The van der Waals surface area contributed by atoms with Crippen molar-refractivity contribution in [1.82, 2.24) is 14.8 Å². The zero-order valence-corrected chi connectivity index (χ0v) is 12.3. The maximum atomic E-state index is 12.5. The fraction of sp³-hybridized carbons (Fsp3) is 0. The van der Waals surface area contributed by atoms with Crippen molar-refractivity contribution in [2.24, 2.45) is 0 Å². The molecule has 1 aromatic heterocycles. The van der Waals surface area contributed by atoms with E-state index in [9.17, 15) is 4.79 Å². The number of hydrogen-bond donors (Lipinski definition) is 0. The van der Waals surface area contributed by atoms with Crippen molar-refractivity contribution in [3.63, 3.8) is 0 Å². The van der Waals surface area contributed by atoms with E-state index in [0.717, 1.165) is 5.56 Å². The SMILES string of the molecule is O=C(/C=C(/c1ccccc1Cl)n1cncn1)c1ccccc1. The molecule has 1 heterocycles. The van der Waals surface area contributed by atoms with Crippen molar-refractivity contribution in [2.75, 3.05) is 0 Å². The minimum atomic E-state index is -0.119. The van der Waals surface area contributed by atoms with E-state index in [1.807, 2.05) is 36.4 Å². The summed E-state index contributed by atoms with van der Waals surface area (Å²) in [5, 5.41) is 4.65. The summed E-state index contributed by atoms with van der Waals surface area (Å²) in [5.41, 5.74) is 1.91. The van der Waals surface area contributed by atoms with Crippen molar-refractivity contribution in [2.45, 2.75) is 0 Å². The van der Waals surface area contributed by atoms with Crippen LogP contribution in [-0.4, -0.2) is 20.5 Å². The normalized spacial score (nSPS) is 11.4. The summed E-state index contributed by atoms with van der Waals surface area (Å²) in [6.45, 7) is 0. The third-order valence-electron chi connectivity index (χ3n) is 3.14. The number of nitrogens with zero attached hydrogens (tertiary/aromatic N) is 3. The molecule has 0 N–H and O–H groups in total. The Morgan fingerprint density at radius 3 is 2.45 bits per heavy atom. The third kappa shape index (κ3) is 2.97. The third-order valence-corrected chi connectivity index (χ3v) is 3.47. The second-order valence-electron chi connectivity index (χ2n) is 4.58. The molecule has 0 saturated heterocycles. The van der Waals surface area contributed by atoms with E-state index in [2.05, 4.69) is 10.1 Å². The average Bonchev–Trinajstić information content (AvgIpc) is 3.08. The summed E-state index contributed by atoms with van der Waals surface area (Å²) < 4.78 is 1.53. The summed E-state index contributed by atoms with van der Waals surface area (Å²) in [6, 6.07) is 16.4. The number of benzene rings is 2. The number of hydrogen-bond acceptors (Lipinski definition) is 3. The van der Waals surface area contributed by atoms with Crippen LogP contribution in [-0.2, 0) is 0 Å². The quantitative estimate of drug-likeness (QED) is 0.545. The minimum Gasteiger partial charge on any atom is -0.289 e. The highest BCUT2D eigenvalue weighted by atomic mass is 35.5. The Hall–Kier alpha value is -2.72. The van der Waals surface area contributed by atoms with E-state index in [4.69, 9.17) is 11.6 Å². The monoisotopic (exact) mass is 309 g/mol. The average molecular weight is 310 g/mol. The molecule has 3 rings (SSSR count). The molecule has 0 atom stereocenters. The van der Waals surface area contributed by atoms with Crippen molar-refractivity contribution in [1.29, 1.82) is 0 Å². The van der Waals surface area contributed by atoms with Gasteiger partial charge in [0.15, 0.2) is 5.78 Å². The first kappa shape index (κ1) is 14.2. The number of allylic oxidation sites excluding steroid dienone is 1. The summed E-state index contributed by atoms with van der Waals surface area (Å²) >= 11 is 6.25.